The summed E-state index contributed by atoms with van der Waals surface area (Å²) in [5, 5.41) is 2.93. The summed E-state index contributed by atoms with van der Waals surface area (Å²) in [4.78, 5) is 28.5. The lowest BCUT2D eigenvalue weighted by molar-refractivity contribution is -0.140. The van der Waals surface area contributed by atoms with Gasteiger partial charge in [-0.25, -0.2) is 8.42 Å². The second-order valence-electron chi connectivity index (χ2n) is 10.1. The van der Waals surface area contributed by atoms with E-state index in [1.54, 1.807) is 24.3 Å². The zero-order chi connectivity index (χ0) is 29.8. The van der Waals surface area contributed by atoms with Crippen LogP contribution < -0.4 is 14.4 Å². The highest BCUT2D eigenvalue weighted by molar-refractivity contribution is 7.92. The number of aryl methyl sites for hydroxylation is 1. The van der Waals surface area contributed by atoms with E-state index < -0.39 is 28.5 Å². The number of anilines is 1. The lowest BCUT2D eigenvalue weighted by Crippen LogP contribution is -2.52. The summed E-state index contributed by atoms with van der Waals surface area (Å²) in [5.74, 6) is -0.127. The summed E-state index contributed by atoms with van der Waals surface area (Å²) < 4.78 is 32.6. The average Bonchev–Trinajstić information content (AvgIpc) is 2.96. The molecule has 0 spiro atoms. The minimum atomic E-state index is -3.82. The summed E-state index contributed by atoms with van der Waals surface area (Å²) >= 11 is 0. The van der Waals surface area contributed by atoms with Gasteiger partial charge in [-0.3, -0.25) is 13.9 Å². The molecule has 0 aliphatic heterocycles. The fourth-order valence-electron chi connectivity index (χ4n) is 4.38. The number of carbonyl (C=O) groups is 2. The first-order valence-corrected chi connectivity index (χ1v) is 15.8. The van der Waals surface area contributed by atoms with Crippen LogP contribution in [0.4, 0.5) is 5.69 Å². The number of unbranched alkanes of at least 4 members (excludes halogenated alkanes) is 1. The predicted octanol–water partition coefficient (Wildman–Crippen LogP) is 5.06. The molecule has 0 heterocycles. The Morgan fingerprint density at radius 3 is 2.15 bits per heavy atom. The minimum Gasteiger partial charge on any atom is -0.489 e. The molecule has 0 radical (unpaired) electrons. The van der Waals surface area contributed by atoms with Crippen LogP contribution in [0, 0.1) is 6.92 Å². The van der Waals surface area contributed by atoms with Crippen molar-refractivity contribution in [1.29, 1.82) is 0 Å². The van der Waals surface area contributed by atoms with E-state index in [4.69, 9.17) is 4.74 Å². The Bertz CT molecular complexity index is 1360. The largest absolute Gasteiger partial charge is 0.489 e. The minimum absolute atomic E-state index is 0.183. The zero-order valence-corrected chi connectivity index (χ0v) is 25.2. The second kappa shape index (κ2) is 15.2. The topological polar surface area (TPSA) is 96.0 Å². The van der Waals surface area contributed by atoms with Gasteiger partial charge in [0.1, 0.15) is 24.9 Å². The number of ether oxygens (including phenoxy) is 1. The van der Waals surface area contributed by atoms with Crippen LogP contribution in [0.3, 0.4) is 0 Å². The van der Waals surface area contributed by atoms with Gasteiger partial charge < -0.3 is 15.0 Å². The highest BCUT2D eigenvalue weighted by atomic mass is 32.2. The molecule has 1 unspecified atom stereocenters. The highest BCUT2D eigenvalue weighted by Crippen LogP contribution is 2.23. The molecule has 8 nitrogen and oxygen atoms in total. The molecule has 3 aromatic rings. The molecule has 220 valence electrons. The van der Waals surface area contributed by atoms with Crippen LogP contribution in [-0.4, -0.2) is 50.5 Å². The van der Waals surface area contributed by atoms with Gasteiger partial charge in [-0.15, -0.1) is 0 Å². The number of nitrogens with one attached hydrogen (secondary N) is 1. The molecule has 2 amide bonds. The van der Waals surface area contributed by atoms with Crippen molar-refractivity contribution in [3.05, 3.63) is 95.6 Å². The number of nitrogens with zero attached hydrogens (tertiary/aromatic N) is 2. The molecule has 9 heteroatoms. The molecule has 0 saturated carbocycles. The van der Waals surface area contributed by atoms with E-state index in [0.29, 0.717) is 31.0 Å². The molecule has 0 fully saturated rings. The number of hydrogen-bond acceptors (Lipinski definition) is 5. The van der Waals surface area contributed by atoms with Crippen LogP contribution in [-0.2, 0) is 32.8 Å². The van der Waals surface area contributed by atoms with Crippen molar-refractivity contribution in [3.63, 3.8) is 0 Å². The van der Waals surface area contributed by atoms with Crippen molar-refractivity contribution in [2.45, 2.75) is 59.2 Å². The van der Waals surface area contributed by atoms with Gasteiger partial charge in [0.05, 0.1) is 11.9 Å². The number of benzene rings is 3. The lowest BCUT2D eigenvalue weighted by atomic mass is 10.1. The molecule has 1 atom stereocenters. The zero-order valence-electron chi connectivity index (χ0n) is 24.4. The van der Waals surface area contributed by atoms with Gasteiger partial charge in [0, 0.05) is 13.1 Å². The fourth-order valence-corrected chi connectivity index (χ4v) is 5.23. The van der Waals surface area contributed by atoms with Crippen LogP contribution in [0.25, 0.3) is 0 Å². The van der Waals surface area contributed by atoms with Gasteiger partial charge in [0.2, 0.25) is 21.8 Å². The van der Waals surface area contributed by atoms with Gasteiger partial charge in [-0.05, 0) is 55.2 Å². The first-order valence-electron chi connectivity index (χ1n) is 14.0. The van der Waals surface area contributed by atoms with Gasteiger partial charge in [-0.2, -0.15) is 0 Å². The molecule has 0 bridgehead atoms. The van der Waals surface area contributed by atoms with E-state index in [-0.39, 0.29) is 12.5 Å². The average molecular weight is 580 g/mol. The Hall–Kier alpha value is -3.85. The van der Waals surface area contributed by atoms with Crippen LogP contribution >= 0.6 is 0 Å². The Balaban J connectivity index is 1.83. The van der Waals surface area contributed by atoms with Crippen molar-refractivity contribution >= 4 is 27.5 Å². The third kappa shape index (κ3) is 9.63. The van der Waals surface area contributed by atoms with Gasteiger partial charge in [-0.1, -0.05) is 80.4 Å². The van der Waals surface area contributed by atoms with Crippen molar-refractivity contribution in [2.75, 3.05) is 23.7 Å². The summed E-state index contributed by atoms with van der Waals surface area (Å²) in [7, 11) is -3.82. The third-order valence-corrected chi connectivity index (χ3v) is 7.88. The predicted molar refractivity (Wildman–Crippen MR) is 163 cm³/mol. The maximum Gasteiger partial charge on any atom is 0.244 e. The van der Waals surface area contributed by atoms with Crippen LogP contribution in [0.1, 0.15) is 49.8 Å². The van der Waals surface area contributed by atoms with Crippen molar-refractivity contribution in [1.82, 2.24) is 10.2 Å². The Morgan fingerprint density at radius 2 is 1.56 bits per heavy atom. The molecule has 0 saturated heterocycles. The number of carbonyl (C=O) groups excluding carboxylic acids is 2. The van der Waals surface area contributed by atoms with Crippen molar-refractivity contribution < 1.29 is 22.7 Å². The monoisotopic (exact) mass is 579 g/mol. The summed E-state index contributed by atoms with van der Waals surface area (Å²) in [6.45, 7) is 6.51. The van der Waals surface area contributed by atoms with E-state index in [2.05, 4.69) is 5.32 Å². The van der Waals surface area contributed by atoms with Crippen LogP contribution in [0.2, 0.25) is 0 Å². The normalized spacial score (nSPS) is 11.9. The molecule has 3 rings (SSSR count). The molecule has 0 aliphatic carbocycles. The van der Waals surface area contributed by atoms with Crippen molar-refractivity contribution in [3.8, 4) is 5.75 Å². The third-order valence-electron chi connectivity index (χ3n) is 6.74. The second-order valence-corrected chi connectivity index (χ2v) is 12.0. The molecule has 41 heavy (non-hydrogen) atoms. The Kier molecular flexibility index (Phi) is 11.8. The Morgan fingerprint density at radius 1 is 0.902 bits per heavy atom. The summed E-state index contributed by atoms with van der Waals surface area (Å²) in [5.41, 5.74) is 3.28. The van der Waals surface area contributed by atoms with Gasteiger partial charge in [0.25, 0.3) is 0 Å². The van der Waals surface area contributed by atoms with E-state index in [0.717, 1.165) is 40.1 Å². The first-order chi connectivity index (χ1) is 19.6. The van der Waals surface area contributed by atoms with Gasteiger partial charge in [0.15, 0.2) is 0 Å². The highest BCUT2D eigenvalue weighted by Gasteiger charge is 2.31. The molecule has 1 N–H and O–H groups in total. The van der Waals surface area contributed by atoms with Crippen molar-refractivity contribution in [2.24, 2.45) is 0 Å². The van der Waals surface area contributed by atoms with E-state index >= 15 is 0 Å². The summed E-state index contributed by atoms with van der Waals surface area (Å²) in [6.07, 6.45) is 3.23. The molecule has 0 aromatic heterocycles. The SMILES string of the molecule is CCCCNC(=O)C(CC)N(Cc1ccc(C)cc1)C(=O)CN(c1ccc(OCc2ccccc2)cc1)S(C)(=O)=O. The number of hydrogen-bond donors (Lipinski definition) is 1. The van der Waals surface area contributed by atoms with Gasteiger partial charge >= 0.3 is 0 Å². The molecular formula is C32H41N3O5S. The standard InChI is InChI=1S/C32H41N3O5S/c1-5-7-21-33-32(37)30(6-2)34(22-26-15-13-25(3)14-16-26)31(36)23-35(41(4,38)39)28-17-19-29(20-18-28)40-24-27-11-9-8-10-12-27/h8-20,30H,5-7,21-24H2,1-4H3,(H,33,37). The Labute approximate surface area is 244 Å². The lowest BCUT2D eigenvalue weighted by Gasteiger charge is -2.33. The molecular weight excluding hydrogens is 538 g/mol. The maximum atomic E-state index is 13.8. The molecule has 3 aromatic carbocycles. The van der Waals surface area contributed by atoms with Crippen LogP contribution in [0.5, 0.6) is 5.75 Å². The first kappa shape index (κ1) is 31.7. The maximum absolute atomic E-state index is 13.8. The number of sulfonamides is 1. The quantitative estimate of drug-likeness (QED) is 0.254. The smallest absolute Gasteiger partial charge is 0.244 e. The fraction of sp³-hybridized carbons (Fsp3) is 0.375. The molecule has 0 aliphatic rings. The number of rotatable bonds is 15. The van der Waals surface area contributed by atoms with E-state index in [1.807, 2.05) is 75.4 Å². The van der Waals surface area contributed by atoms with E-state index in [1.165, 1.54) is 4.90 Å². The number of amides is 2. The van der Waals surface area contributed by atoms with Crippen LogP contribution in [0.15, 0.2) is 78.9 Å². The van der Waals surface area contributed by atoms with E-state index in [9.17, 15) is 18.0 Å². The summed E-state index contributed by atoms with van der Waals surface area (Å²) in [6, 6.07) is 23.3.